The topological polar surface area (TPSA) is 38.0 Å². The molecule has 1 aromatic heterocycles. The van der Waals surface area contributed by atoms with Crippen LogP contribution in [0.2, 0.25) is 0 Å². The molecule has 1 N–H and O–H groups in total. The first-order valence-corrected chi connectivity index (χ1v) is 3.92. The molecule has 1 heterocycles. The minimum absolute atomic E-state index is 0.215. The van der Waals surface area contributed by atoms with Crippen LogP contribution in [0.5, 0.6) is 0 Å². The average molecular weight is 175 g/mol. The van der Waals surface area contributed by atoms with Gasteiger partial charge in [0.15, 0.2) is 0 Å². The van der Waals surface area contributed by atoms with Gasteiger partial charge in [-0.15, -0.1) is 11.6 Å². The van der Waals surface area contributed by atoms with Gasteiger partial charge in [0, 0.05) is 18.8 Å². The predicted octanol–water partition coefficient (Wildman–Crippen LogP) is 1.00. The fourth-order valence-electron chi connectivity index (χ4n) is 1.03. The van der Waals surface area contributed by atoms with Crippen LogP contribution < -0.4 is 0 Å². The Morgan fingerprint density at radius 1 is 1.82 bits per heavy atom. The number of alkyl halides is 1. The molecule has 0 aliphatic carbocycles. The van der Waals surface area contributed by atoms with Gasteiger partial charge >= 0.3 is 0 Å². The van der Waals surface area contributed by atoms with E-state index in [9.17, 15) is 5.11 Å². The molecule has 0 amide bonds. The minimum Gasteiger partial charge on any atom is -0.387 e. The van der Waals surface area contributed by atoms with Crippen molar-refractivity contribution < 1.29 is 5.11 Å². The Kier molecular flexibility index (Phi) is 2.52. The Bertz CT molecular complexity index is 247. The van der Waals surface area contributed by atoms with Crippen molar-refractivity contribution in [2.45, 2.75) is 13.0 Å². The third-order valence-electron chi connectivity index (χ3n) is 1.56. The van der Waals surface area contributed by atoms with Crippen molar-refractivity contribution in [2.24, 2.45) is 7.05 Å². The second-order valence-electron chi connectivity index (χ2n) is 2.51. The number of hydrogen-bond acceptors (Lipinski definition) is 2. The van der Waals surface area contributed by atoms with Crippen molar-refractivity contribution in [3.63, 3.8) is 0 Å². The van der Waals surface area contributed by atoms with Crippen LogP contribution in [-0.4, -0.2) is 20.8 Å². The van der Waals surface area contributed by atoms with Crippen molar-refractivity contribution in [3.05, 3.63) is 17.5 Å². The lowest BCUT2D eigenvalue weighted by Gasteiger charge is -2.02. The Balaban J connectivity index is 2.93. The highest BCUT2D eigenvalue weighted by Crippen LogP contribution is 2.16. The molecule has 0 bridgehead atoms. The van der Waals surface area contributed by atoms with Crippen LogP contribution in [0.15, 0.2) is 6.20 Å². The maximum atomic E-state index is 9.34. The summed E-state index contributed by atoms with van der Waals surface area (Å²) in [6, 6.07) is 0. The third-order valence-corrected chi connectivity index (χ3v) is 1.85. The van der Waals surface area contributed by atoms with E-state index in [-0.39, 0.29) is 5.88 Å². The molecule has 62 valence electrons. The fraction of sp³-hybridized carbons (Fsp3) is 0.571. The molecule has 1 atom stereocenters. The van der Waals surface area contributed by atoms with Crippen LogP contribution in [-0.2, 0) is 7.05 Å². The maximum absolute atomic E-state index is 9.34. The number of aliphatic hydroxyl groups is 1. The Morgan fingerprint density at radius 2 is 2.45 bits per heavy atom. The molecule has 0 spiro atoms. The zero-order valence-electron chi connectivity index (χ0n) is 6.58. The van der Waals surface area contributed by atoms with Gasteiger partial charge in [-0.3, -0.25) is 4.68 Å². The van der Waals surface area contributed by atoms with Gasteiger partial charge < -0.3 is 5.11 Å². The van der Waals surface area contributed by atoms with Crippen molar-refractivity contribution >= 4 is 11.6 Å². The van der Waals surface area contributed by atoms with Crippen LogP contribution in [0.1, 0.15) is 17.4 Å². The maximum Gasteiger partial charge on any atom is 0.0958 e. The van der Waals surface area contributed by atoms with Crippen LogP contribution in [0.25, 0.3) is 0 Å². The summed E-state index contributed by atoms with van der Waals surface area (Å²) < 4.78 is 1.67. The summed E-state index contributed by atoms with van der Waals surface area (Å²) in [5, 5.41) is 13.4. The highest BCUT2D eigenvalue weighted by atomic mass is 35.5. The smallest absolute Gasteiger partial charge is 0.0958 e. The molecular weight excluding hydrogens is 164 g/mol. The van der Waals surface area contributed by atoms with Gasteiger partial charge in [0.05, 0.1) is 17.7 Å². The largest absolute Gasteiger partial charge is 0.387 e. The van der Waals surface area contributed by atoms with Crippen molar-refractivity contribution in [1.82, 2.24) is 9.78 Å². The Morgan fingerprint density at radius 3 is 2.82 bits per heavy atom. The number of aliphatic hydroxyl groups excluding tert-OH is 1. The summed E-state index contributed by atoms with van der Waals surface area (Å²) in [5.74, 6) is 0.215. The van der Waals surface area contributed by atoms with E-state index < -0.39 is 6.10 Å². The van der Waals surface area contributed by atoms with E-state index in [0.29, 0.717) is 0 Å². The third kappa shape index (κ3) is 1.73. The van der Waals surface area contributed by atoms with Crippen molar-refractivity contribution in [1.29, 1.82) is 0 Å². The summed E-state index contributed by atoms with van der Waals surface area (Å²) in [4.78, 5) is 0. The van der Waals surface area contributed by atoms with E-state index in [1.54, 1.807) is 10.9 Å². The van der Waals surface area contributed by atoms with Crippen LogP contribution >= 0.6 is 11.6 Å². The number of aryl methyl sites for hydroxylation is 2. The SMILES string of the molecule is Cc1nn(C)cc1C(O)CCl. The van der Waals surface area contributed by atoms with Gasteiger partial charge in [0.2, 0.25) is 0 Å². The quantitative estimate of drug-likeness (QED) is 0.680. The molecule has 0 saturated carbocycles. The molecule has 0 aliphatic rings. The highest BCUT2D eigenvalue weighted by molar-refractivity contribution is 6.18. The lowest BCUT2D eigenvalue weighted by atomic mass is 10.2. The number of nitrogens with zero attached hydrogens (tertiary/aromatic N) is 2. The molecule has 3 nitrogen and oxygen atoms in total. The lowest BCUT2D eigenvalue weighted by Crippen LogP contribution is -1.98. The fourth-order valence-corrected chi connectivity index (χ4v) is 1.19. The van der Waals surface area contributed by atoms with E-state index in [1.807, 2.05) is 14.0 Å². The second-order valence-corrected chi connectivity index (χ2v) is 2.82. The zero-order valence-corrected chi connectivity index (χ0v) is 7.34. The van der Waals surface area contributed by atoms with E-state index in [0.717, 1.165) is 11.3 Å². The van der Waals surface area contributed by atoms with Crippen LogP contribution in [0.3, 0.4) is 0 Å². The average Bonchev–Trinajstić information content (AvgIpc) is 2.28. The van der Waals surface area contributed by atoms with Gasteiger partial charge in [0.1, 0.15) is 0 Å². The Labute approximate surface area is 70.6 Å². The first kappa shape index (κ1) is 8.56. The second kappa shape index (κ2) is 3.24. The van der Waals surface area contributed by atoms with Gasteiger partial charge in [-0.05, 0) is 6.92 Å². The molecule has 4 heteroatoms. The normalized spacial score (nSPS) is 13.5. The molecule has 0 radical (unpaired) electrons. The summed E-state index contributed by atoms with van der Waals surface area (Å²) in [6.45, 7) is 1.85. The number of aromatic nitrogens is 2. The Hall–Kier alpha value is -0.540. The first-order valence-electron chi connectivity index (χ1n) is 3.39. The molecule has 1 aromatic rings. The zero-order chi connectivity index (χ0) is 8.43. The predicted molar refractivity (Wildman–Crippen MR) is 43.6 cm³/mol. The molecular formula is C7H11ClN2O. The molecule has 1 rings (SSSR count). The highest BCUT2D eigenvalue weighted by Gasteiger charge is 2.11. The number of rotatable bonds is 2. The van der Waals surface area contributed by atoms with E-state index >= 15 is 0 Å². The summed E-state index contributed by atoms with van der Waals surface area (Å²) in [6.07, 6.45) is 1.19. The number of hydrogen-bond donors (Lipinski definition) is 1. The molecule has 11 heavy (non-hydrogen) atoms. The lowest BCUT2D eigenvalue weighted by molar-refractivity contribution is 0.202. The monoisotopic (exact) mass is 174 g/mol. The molecule has 0 aromatic carbocycles. The van der Waals surface area contributed by atoms with Crippen molar-refractivity contribution in [2.75, 3.05) is 5.88 Å². The summed E-state index contributed by atoms with van der Waals surface area (Å²) >= 11 is 5.48. The number of halogens is 1. The van der Waals surface area contributed by atoms with E-state index in [2.05, 4.69) is 5.10 Å². The van der Waals surface area contributed by atoms with Gasteiger partial charge in [-0.25, -0.2) is 0 Å². The van der Waals surface area contributed by atoms with Crippen molar-refractivity contribution in [3.8, 4) is 0 Å². The summed E-state index contributed by atoms with van der Waals surface area (Å²) in [5.41, 5.74) is 1.64. The van der Waals surface area contributed by atoms with E-state index in [1.165, 1.54) is 0 Å². The summed E-state index contributed by atoms with van der Waals surface area (Å²) in [7, 11) is 1.82. The van der Waals surface area contributed by atoms with E-state index in [4.69, 9.17) is 11.6 Å². The first-order chi connectivity index (χ1) is 5.15. The standard InChI is InChI=1S/C7H11ClN2O/c1-5-6(7(11)3-8)4-10(2)9-5/h4,7,11H,3H2,1-2H3. The van der Waals surface area contributed by atoms with Crippen LogP contribution in [0.4, 0.5) is 0 Å². The molecule has 0 fully saturated rings. The molecule has 1 unspecified atom stereocenters. The minimum atomic E-state index is -0.592. The van der Waals surface area contributed by atoms with Crippen LogP contribution in [0, 0.1) is 6.92 Å². The van der Waals surface area contributed by atoms with Gasteiger partial charge in [0.25, 0.3) is 0 Å². The molecule has 0 saturated heterocycles. The van der Waals surface area contributed by atoms with Gasteiger partial charge in [-0.2, -0.15) is 5.10 Å². The van der Waals surface area contributed by atoms with Gasteiger partial charge in [-0.1, -0.05) is 0 Å². The molecule has 0 aliphatic heterocycles.